The van der Waals surface area contributed by atoms with Gasteiger partial charge in [-0.05, 0) is 31.6 Å². The molecule has 1 aliphatic heterocycles. The van der Waals surface area contributed by atoms with Crippen molar-refractivity contribution < 1.29 is 0 Å². The van der Waals surface area contributed by atoms with Crippen LogP contribution in [0.4, 0.5) is 11.9 Å². The van der Waals surface area contributed by atoms with E-state index < -0.39 is 0 Å². The van der Waals surface area contributed by atoms with Gasteiger partial charge in [-0.2, -0.15) is 31.8 Å². The number of nitrogens with one attached hydrogen (secondary N) is 2. The second kappa shape index (κ2) is 5.88. The second-order valence-corrected chi connectivity index (χ2v) is 6.92. The van der Waals surface area contributed by atoms with E-state index >= 15 is 0 Å². The van der Waals surface area contributed by atoms with Crippen LogP contribution in [0.25, 0.3) is 5.95 Å². The molecule has 0 aliphatic carbocycles. The summed E-state index contributed by atoms with van der Waals surface area (Å²) in [6.07, 6.45) is 6.01. The highest BCUT2D eigenvalue weighted by Crippen LogP contribution is 2.37. The highest BCUT2D eigenvalue weighted by molar-refractivity contribution is 8.00. The molecule has 2 N–H and O–H groups in total. The minimum atomic E-state index is 0.262. The van der Waals surface area contributed by atoms with E-state index in [1.165, 1.54) is 18.6 Å². The van der Waals surface area contributed by atoms with Gasteiger partial charge in [0.1, 0.15) is 0 Å². The lowest BCUT2D eigenvalue weighted by molar-refractivity contribution is 0.631. The van der Waals surface area contributed by atoms with Gasteiger partial charge in [0.25, 0.3) is 5.95 Å². The number of rotatable bonds is 5. The monoisotopic (exact) mass is 305 g/mol. The molecule has 8 heteroatoms. The third kappa shape index (κ3) is 3.26. The molecule has 1 saturated heterocycles. The van der Waals surface area contributed by atoms with Crippen molar-refractivity contribution in [1.29, 1.82) is 0 Å². The molecule has 0 amide bonds. The summed E-state index contributed by atoms with van der Waals surface area (Å²) in [5.41, 5.74) is 0. The predicted molar refractivity (Wildman–Crippen MR) is 85.1 cm³/mol. The smallest absolute Gasteiger partial charge is 0.257 e. The Morgan fingerprint density at radius 3 is 2.86 bits per heavy atom. The SMILES string of the molecule is CNc1nc(NCC2(C)CCCS2)nc(-n2cccn2)n1. The van der Waals surface area contributed by atoms with Crippen molar-refractivity contribution in [1.82, 2.24) is 24.7 Å². The molecule has 3 heterocycles. The van der Waals surface area contributed by atoms with Gasteiger partial charge in [0.05, 0.1) is 0 Å². The molecule has 7 nitrogen and oxygen atoms in total. The summed E-state index contributed by atoms with van der Waals surface area (Å²) in [4.78, 5) is 13.1. The number of thioether (sulfide) groups is 1. The van der Waals surface area contributed by atoms with E-state index in [4.69, 9.17) is 0 Å². The molecule has 0 aromatic carbocycles. The van der Waals surface area contributed by atoms with E-state index in [0.717, 1.165) is 6.54 Å². The Balaban J connectivity index is 1.79. The highest BCUT2D eigenvalue weighted by atomic mass is 32.2. The third-order valence-electron chi connectivity index (χ3n) is 3.48. The molecular formula is C13H19N7S. The van der Waals surface area contributed by atoms with Crippen LogP contribution in [0.2, 0.25) is 0 Å². The van der Waals surface area contributed by atoms with E-state index in [1.807, 2.05) is 24.0 Å². The Kier molecular flexibility index (Phi) is 3.96. The summed E-state index contributed by atoms with van der Waals surface area (Å²) in [5, 5.41) is 10.5. The van der Waals surface area contributed by atoms with Gasteiger partial charge in [0, 0.05) is 30.7 Å². The lowest BCUT2D eigenvalue weighted by Crippen LogP contribution is -2.28. The standard InChI is InChI=1S/C13H19N7S/c1-13(5-3-8-21-13)9-15-11-17-10(14-2)18-12(19-11)20-7-4-6-16-20/h4,6-7H,3,5,8-9H2,1-2H3,(H2,14,15,17,18,19). The van der Waals surface area contributed by atoms with Gasteiger partial charge in [0.15, 0.2) is 0 Å². The van der Waals surface area contributed by atoms with Gasteiger partial charge in [-0.3, -0.25) is 0 Å². The summed E-state index contributed by atoms with van der Waals surface area (Å²) >= 11 is 2.01. The third-order valence-corrected chi connectivity index (χ3v) is 5.02. The molecule has 1 atom stereocenters. The van der Waals surface area contributed by atoms with Gasteiger partial charge in [-0.25, -0.2) is 4.68 Å². The van der Waals surface area contributed by atoms with E-state index in [1.54, 1.807) is 17.9 Å². The van der Waals surface area contributed by atoms with Crippen LogP contribution in [0.5, 0.6) is 0 Å². The molecule has 112 valence electrons. The van der Waals surface area contributed by atoms with Crippen molar-refractivity contribution in [3.05, 3.63) is 18.5 Å². The second-order valence-electron chi connectivity index (χ2n) is 5.24. The summed E-state index contributed by atoms with van der Waals surface area (Å²) in [5.74, 6) is 2.84. The Labute approximate surface area is 128 Å². The molecule has 3 rings (SSSR count). The zero-order chi connectivity index (χ0) is 14.7. The molecule has 0 radical (unpaired) electrons. The Bertz CT molecular complexity index is 593. The average molecular weight is 305 g/mol. The quantitative estimate of drug-likeness (QED) is 0.871. The van der Waals surface area contributed by atoms with E-state index in [2.05, 4.69) is 37.6 Å². The summed E-state index contributed by atoms with van der Waals surface area (Å²) in [6.45, 7) is 3.13. The highest BCUT2D eigenvalue weighted by Gasteiger charge is 2.29. The van der Waals surface area contributed by atoms with Crippen LogP contribution < -0.4 is 10.6 Å². The van der Waals surface area contributed by atoms with Crippen LogP contribution in [0.15, 0.2) is 18.5 Å². The fourth-order valence-electron chi connectivity index (χ4n) is 2.29. The first-order valence-electron chi connectivity index (χ1n) is 7.00. The predicted octanol–water partition coefficient (Wildman–Crippen LogP) is 1.80. The van der Waals surface area contributed by atoms with Crippen molar-refractivity contribution in [2.75, 3.05) is 30.0 Å². The molecule has 1 fully saturated rings. The maximum atomic E-state index is 4.43. The number of anilines is 2. The first-order chi connectivity index (χ1) is 10.2. The zero-order valence-electron chi connectivity index (χ0n) is 12.2. The molecule has 2 aromatic heterocycles. The Morgan fingerprint density at radius 2 is 2.19 bits per heavy atom. The van der Waals surface area contributed by atoms with Crippen LogP contribution in [0, 0.1) is 0 Å². The molecule has 21 heavy (non-hydrogen) atoms. The first-order valence-corrected chi connectivity index (χ1v) is 7.99. The molecule has 2 aromatic rings. The van der Waals surface area contributed by atoms with Crippen LogP contribution in [-0.4, -0.2) is 48.8 Å². The molecule has 0 saturated carbocycles. The summed E-state index contributed by atoms with van der Waals surface area (Å²) in [6, 6.07) is 1.84. The number of nitrogens with zero attached hydrogens (tertiary/aromatic N) is 5. The molecule has 1 aliphatic rings. The molecule has 0 bridgehead atoms. The van der Waals surface area contributed by atoms with Gasteiger partial charge >= 0.3 is 0 Å². The number of hydrogen-bond acceptors (Lipinski definition) is 7. The minimum Gasteiger partial charge on any atom is -0.357 e. The number of hydrogen-bond donors (Lipinski definition) is 2. The van der Waals surface area contributed by atoms with Gasteiger partial charge in [-0.15, -0.1) is 0 Å². The lowest BCUT2D eigenvalue weighted by Gasteiger charge is -2.22. The lowest BCUT2D eigenvalue weighted by atomic mass is 10.1. The fraction of sp³-hybridized carbons (Fsp3) is 0.538. The zero-order valence-corrected chi connectivity index (χ0v) is 13.0. The Hall–Kier alpha value is -1.83. The van der Waals surface area contributed by atoms with Crippen molar-refractivity contribution in [3.63, 3.8) is 0 Å². The van der Waals surface area contributed by atoms with Crippen molar-refractivity contribution in [3.8, 4) is 5.95 Å². The minimum absolute atomic E-state index is 0.262. The largest absolute Gasteiger partial charge is 0.357 e. The first kappa shape index (κ1) is 14.1. The topological polar surface area (TPSA) is 80.5 Å². The normalized spacial score (nSPS) is 21.4. The fourth-order valence-corrected chi connectivity index (χ4v) is 3.53. The van der Waals surface area contributed by atoms with Crippen molar-refractivity contribution in [2.45, 2.75) is 24.5 Å². The van der Waals surface area contributed by atoms with Gasteiger partial charge in [-0.1, -0.05) is 0 Å². The molecular weight excluding hydrogens is 286 g/mol. The van der Waals surface area contributed by atoms with Crippen molar-refractivity contribution >= 4 is 23.7 Å². The van der Waals surface area contributed by atoms with E-state index in [-0.39, 0.29) is 4.75 Å². The Morgan fingerprint density at radius 1 is 1.33 bits per heavy atom. The van der Waals surface area contributed by atoms with E-state index in [9.17, 15) is 0 Å². The number of aromatic nitrogens is 5. The van der Waals surface area contributed by atoms with E-state index in [0.29, 0.717) is 17.8 Å². The van der Waals surface area contributed by atoms with Gasteiger partial charge < -0.3 is 10.6 Å². The summed E-state index contributed by atoms with van der Waals surface area (Å²) < 4.78 is 1.89. The molecule has 0 spiro atoms. The van der Waals surface area contributed by atoms with Crippen LogP contribution in [0.3, 0.4) is 0 Å². The molecule has 1 unspecified atom stereocenters. The maximum absolute atomic E-state index is 4.43. The van der Waals surface area contributed by atoms with Crippen LogP contribution in [0.1, 0.15) is 19.8 Å². The maximum Gasteiger partial charge on any atom is 0.257 e. The van der Waals surface area contributed by atoms with Crippen LogP contribution in [-0.2, 0) is 0 Å². The van der Waals surface area contributed by atoms with Gasteiger partial charge in [0.2, 0.25) is 11.9 Å². The van der Waals surface area contributed by atoms with Crippen molar-refractivity contribution in [2.24, 2.45) is 0 Å². The average Bonchev–Trinajstić information content (AvgIpc) is 3.17. The summed E-state index contributed by atoms with van der Waals surface area (Å²) in [7, 11) is 1.79. The van der Waals surface area contributed by atoms with Crippen LogP contribution >= 0.6 is 11.8 Å².